The number of nitrogens with zero attached hydrogens (tertiary/aromatic N) is 1. The van der Waals surface area contributed by atoms with Crippen molar-refractivity contribution in [3.8, 4) is 5.75 Å². The number of ether oxygens (including phenoxy) is 1. The van der Waals surface area contributed by atoms with Crippen molar-refractivity contribution in [2.45, 2.75) is 51.6 Å². The molecule has 21 heavy (non-hydrogen) atoms. The number of carbonyl (C=O) groups is 1. The lowest BCUT2D eigenvalue weighted by Gasteiger charge is -2.32. The first-order chi connectivity index (χ1) is 9.81. The van der Waals surface area contributed by atoms with Crippen LogP contribution in [0.5, 0.6) is 5.75 Å². The van der Waals surface area contributed by atoms with Crippen LogP contribution in [-0.2, 0) is 4.79 Å². The van der Waals surface area contributed by atoms with E-state index in [0.29, 0.717) is 12.3 Å². The fourth-order valence-electron chi connectivity index (χ4n) is 2.61. The van der Waals surface area contributed by atoms with Crippen LogP contribution in [0, 0.1) is 5.92 Å². The third-order valence-corrected chi connectivity index (χ3v) is 3.94. The summed E-state index contributed by atoms with van der Waals surface area (Å²) >= 11 is 0. The molecular formula is C17H26N2O2. The first-order valence-corrected chi connectivity index (χ1v) is 7.57. The molecule has 0 spiro atoms. The molecule has 4 nitrogen and oxygen atoms in total. The Balaban J connectivity index is 2.24. The molecule has 1 atom stereocenters. The predicted octanol–water partition coefficient (Wildman–Crippen LogP) is 2.95. The Morgan fingerprint density at radius 1 is 1.38 bits per heavy atom. The van der Waals surface area contributed by atoms with E-state index in [1.807, 2.05) is 43.0 Å². The van der Waals surface area contributed by atoms with Crippen molar-refractivity contribution >= 4 is 11.6 Å². The normalized spacial score (nSPS) is 16.4. The van der Waals surface area contributed by atoms with Crippen molar-refractivity contribution in [3.05, 3.63) is 24.3 Å². The highest BCUT2D eigenvalue weighted by molar-refractivity contribution is 5.94. The summed E-state index contributed by atoms with van der Waals surface area (Å²) in [7, 11) is 1.64. The molecule has 1 saturated carbocycles. The quantitative estimate of drug-likeness (QED) is 0.876. The molecule has 2 N–H and O–H groups in total. The fourth-order valence-corrected chi connectivity index (χ4v) is 2.61. The minimum Gasteiger partial charge on any atom is -0.497 e. The predicted molar refractivity (Wildman–Crippen MR) is 85.5 cm³/mol. The van der Waals surface area contributed by atoms with Gasteiger partial charge in [0.25, 0.3) is 0 Å². The van der Waals surface area contributed by atoms with Gasteiger partial charge in [-0.3, -0.25) is 4.79 Å². The maximum Gasteiger partial charge on any atom is 0.229 e. The maximum absolute atomic E-state index is 12.7. The van der Waals surface area contributed by atoms with E-state index in [-0.39, 0.29) is 11.9 Å². The highest BCUT2D eigenvalue weighted by Gasteiger charge is 2.36. The molecule has 1 aliphatic carbocycles. The van der Waals surface area contributed by atoms with Crippen molar-refractivity contribution in [1.82, 2.24) is 0 Å². The van der Waals surface area contributed by atoms with Crippen LogP contribution in [0.4, 0.5) is 5.69 Å². The summed E-state index contributed by atoms with van der Waals surface area (Å²) in [4.78, 5) is 14.6. The van der Waals surface area contributed by atoms with Crippen molar-refractivity contribution in [3.63, 3.8) is 0 Å². The largest absolute Gasteiger partial charge is 0.497 e. The van der Waals surface area contributed by atoms with E-state index in [2.05, 4.69) is 6.92 Å². The third-order valence-electron chi connectivity index (χ3n) is 3.94. The molecule has 1 aromatic rings. The van der Waals surface area contributed by atoms with Gasteiger partial charge in [-0.1, -0.05) is 0 Å². The van der Waals surface area contributed by atoms with Crippen molar-refractivity contribution < 1.29 is 9.53 Å². The minimum atomic E-state index is -0.495. The molecule has 4 heteroatoms. The number of anilines is 1. The minimum absolute atomic E-state index is 0.0899. The van der Waals surface area contributed by atoms with Crippen LogP contribution >= 0.6 is 0 Å². The van der Waals surface area contributed by atoms with Crippen LogP contribution in [0.3, 0.4) is 0 Å². The third kappa shape index (κ3) is 4.21. The molecule has 116 valence electrons. The standard InChI is InChI=1S/C17H26N2O2/c1-12(13-5-6-13)19(16(20)11-17(2,3)18)14-7-9-15(21-4)10-8-14/h7-10,12-13H,5-6,11,18H2,1-4H3/t12-/m0/s1. The number of hydrogen-bond donors (Lipinski definition) is 1. The van der Waals surface area contributed by atoms with Gasteiger partial charge in [0.1, 0.15) is 5.75 Å². The fraction of sp³-hybridized carbons (Fsp3) is 0.588. The average Bonchev–Trinajstić information content (AvgIpc) is 3.21. The molecule has 0 unspecified atom stereocenters. The summed E-state index contributed by atoms with van der Waals surface area (Å²) in [6.07, 6.45) is 2.75. The molecule has 0 bridgehead atoms. The van der Waals surface area contributed by atoms with E-state index in [1.54, 1.807) is 7.11 Å². The molecule has 1 aromatic carbocycles. The number of methoxy groups -OCH3 is 1. The average molecular weight is 290 g/mol. The van der Waals surface area contributed by atoms with Crippen LogP contribution in [-0.4, -0.2) is 24.6 Å². The highest BCUT2D eigenvalue weighted by Crippen LogP contribution is 2.37. The van der Waals surface area contributed by atoms with E-state index in [0.717, 1.165) is 11.4 Å². The van der Waals surface area contributed by atoms with E-state index < -0.39 is 5.54 Å². The van der Waals surface area contributed by atoms with Gasteiger partial charge in [0.15, 0.2) is 0 Å². The maximum atomic E-state index is 12.7. The zero-order chi connectivity index (χ0) is 15.6. The van der Waals surface area contributed by atoms with Gasteiger partial charge in [0.2, 0.25) is 5.91 Å². The smallest absolute Gasteiger partial charge is 0.229 e. The molecule has 2 rings (SSSR count). The Bertz CT molecular complexity index is 487. The van der Waals surface area contributed by atoms with Gasteiger partial charge in [-0.2, -0.15) is 0 Å². The first kappa shape index (κ1) is 15.8. The van der Waals surface area contributed by atoms with E-state index in [4.69, 9.17) is 10.5 Å². The number of hydrogen-bond acceptors (Lipinski definition) is 3. The van der Waals surface area contributed by atoms with Gasteiger partial charge in [0, 0.05) is 23.7 Å². The van der Waals surface area contributed by atoms with Gasteiger partial charge in [0.05, 0.1) is 7.11 Å². The van der Waals surface area contributed by atoms with Crippen LogP contribution < -0.4 is 15.4 Å². The number of carbonyl (C=O) groups excluding carboxylic acids is 1. The van der Waals surface area contributed by atoms with Crippen LogP contribution in [0.25, 0.3) is 0 Å². The molecule has 1 fully saturated rings. The molecule has 0 aliphatic heterocycles. The summed E-state index contributed by atoms with van der Waals surface area (Å²) < 4.78 is 5.19. The van der Waals surface area contributed by atoms with Gasteiger partial charge in [-0.15, -0.1) is 0 Å². The summed E-state index contributed by atoms with van der Waals surface area (Å²) in [5.41, 5.74) is 6.45. The summed E-state index contributed by atoms with van der Waals surface area (Å²) in [6, 6.07) is 7.89. The van der Waals surface area contributed by atoms with Gasteiger partial charge < -0.3 is 15.4 Å². The zero-order valence-electron chi connectivity index (χ0n) is 13.4. The van der Waals surface area contributed by atoms with Gasteiger partial charge >= 0.3 is 0 Å². The Morgan fingerprint density at radius 3 is 2.38 bits per heavy atom. The van der Waals surface area contributed by atoms with Crippen molar-refractivity contribution in [2.24, 2.45) is 11.7 Å². The molecule has 1 aliphatic rings. The summed E-state index contributed by atoms with van der Waals surface area (Å²) in [6.45, 7) is 5.90. The second kappa shape index (κ2) is 6.06. The number of nitrogens with two attached hydrogens (primary N) is 1. The molecule has 0 aromatic heterocycles. The Kier molecular flexibility index (Phi) is 4.57. The second-order valence-corrected chi connectivity index (χ2v) is 6.71. The van der Waals surface area contributed by atoms with Crippen molar-refractivity contribution in [1.29, 1.82) is 0 Å². The van der Waals surface area contributed by atoms with E-state index >= 15 is 0 Å². The van der Waals surface area contributed by atoms with E-state index in [9.17, 15) is 4.79 Å². The Morgan fingerprint density at radius 2 is 1.95 bits per heavy atom. The number of benzene rings is 1. The molecule has 0 saturated heterocycles. The second-order valence-electron chi connectivity index (χ2n) is 6.71. The highest BCUT2D eigenvalue weighted by atomic mass is 16.5. The van der Waals surface area contributed by atoms with Crippen LogP contribution in [0.1, 0.15) is 40.0 Å². The van der Waals surface area contributed by atoms with Crippen molar-refractivity contribution in [2.75, 3.05) is 12.0 Å². The number of rotatable bonds is 6. The summed E-state index contributed by atoms with van der Waals surface area (Å²) in [5, 5.41) is 0. The lowest BCUT2D eigenvalue weighted by atomic mass is 10.00. The van der Waals surface area contributed by atoms with Gasteiger partial charge in [-0.05, 0) is 63.8 Å². The summed E-state index contributed by atoms with van der Waals surface area (Å²) in [5.74, 6) is 1.49. The SMILES string of the molecule is COc1ccc(N(C(=O)CC(C)(C)N)[C@@H](C)C2CC2)cc1. The molecule has 0 radical (unpaired) electrons. The molecule has 0 heterocycles. The van der Waals surface area contributed by atoms with Crippen LogP contribution in [0.2, 0.25) is 0 Å². The van der Waals surface area contributed by atoms with Gasteiger partial charge in [-0.25, -0.2) is 0 Å². The zero-order valence-corrected chi connectivity index (χ0v) is 13.4. The molecule has 1 amide bonds. The lowest BCUT2D eigenvalue weighted by molar-refractivity contribution is -0.120. The van der Waals surface area contributed by atoms with E-state index in [1.165, 1.54) is 12.8 Å². The lowest BCUT2D eigenvalue weighted by Crippen LogP contribution is -2.45. The monoisotopic (exact) mass is 290 g/mol. The topological polar surface area (TPSA) is 55.6 Å². The van der Waals surface area contributed by atoms with Crippen LogP contribution in [0.15, 0.2) is 24.3 Å². The first-order valence-electron chi connectivity index (χ1n) is 7.57. The molecular weight excluding hydrogens is 264 g/mol. The number of amides is 1. The Labute approximate surface area is 127 Å². The Hall–Kier alpha value is -1.55.